The van der Waals surface area contributed by atoms with Crippen molar-refractivity contribution in [2.45, 2.75) is 31.7 Å². The van der Waals surface area contributed by atoms with Crippen LogP contribution >= 0.6 is 0 Å². The van der Waals surface area contributed by atoms with Crippen molar-refractivity contribution < 1.29 is 14.2 Å². The molecule has 3 N–H and O–H groups in total. The van der Waals surface area contributed by atoms with Gasteiger partial charge >= 0.3 is 0 Å². The van der Waals surface area contributed by atoms with E-state index in [1.807, 2.05) is 12.1 Å². The standard InChI is InChI=1S/C15H24N2O3/c1-18-12-9-14(20-3)13(19-2)8-11(12)15(17-16)10-6-4-5-7-10/h8-10,15,17H,4-7,16H2,1-3H3. The molecule has 0 radical (unpaired) electrons. The molecule has 0 bridgehead atoms. The summed E-state index contributed by atoms with van der Waals surface area (Å²) in [5.74, 6) is 8.46. The molecule has 0 spiro atoms. The first-order valence-corrected chi connectivity index (χ1v) is 7.01. The van der Waals surface area contributed by atoms with Crippen LogP contribution in [0.2, 0.25) is 0 Å². The summed E-state index contributed by atoms with van der Waals surface area (Å²) in [6, 6.07) is 3.89. The van der Waals surface area contributed by atoms with E-state index in [9.17, 15) is 0 Å². The van der Waals surface area contributed by atoms with E-state index in [2.05, 4.69) is 5.43 Å². The van der Waals surface area contributed by atoms with Crippen LogP contribution in [0, 0.1) is 5.92 Å². The number of hydrogen-bond acceptors (Lipinski definition) is 5. The van der Waals surface area contributed by atoms with Gasteiger partial charge in [0.25, 0.3) is 0 Å². The number of nitrogens with one attached hydrogen (secondary N) is 1. The molecule has 2 rings (SSSR count). The Bertz CT molecular complexity index is 445. The summed E-state index contributed by atoms with van der Waals surface area (Å²) >= 11 is 0. The van der Waals surface area contributed by atoms with E-state index in [-0.39, 0.29) is 6.04 Å². The molecule has 20 heavy (non-hydrogen) atoms. The van der Waals surface area contributed by atoms with Gasteiger partial charge in [-0.05, 0) is 24.8 Å². The summed E-state index contributed by atoms with van der Waals surface area (Å²) in [6.45, 7) is 0. The maximum absolute atomic E-state index is 5.79. The summed E-state index contributed by atoms with van der Waals surface area (Å²) in [5.41, 5.74) is 3.97. The SMILES string of the molecule is COc1cc(OC)c(C(NN)C2CCCC2)cc1OC. The molecule has 1 unspecified atom stereocenters. The quantitative estimate of drug-likeness (QED) is 0.619. The molecule has 0 amide bonds. The molecule has 5 heteroatoms. The van der Waals surface area contributed by atoms with E-state index in [1.54, 1.807) is 21.3 Å². The van der Waals surface area contributed by atoms with Gasteiger partial charge in [-0.3, -0.25) is 11.3 Å². The van der Waals surface area contributed by atoms with Crippen LogP contribution in [-0.2, 0) is 0 Å². The molecular weight excluding hydrogens is 256 g/mol. The second kappa shape index (κ2) is 6.81. The molecule has 1 atom stereocenters. The predicted octanol–water partition coefficient (Wildman–Crippen LogP) is 2.41. The highest BCUT2D eigenvalue weighted by Crippen LogP contribution is 2.42. The van der Waals surface area contributed by atoms with E-state index in [1.165, 1.54) is 25.7 Å². The fourth-order valence-corrected chi connectivity index (χ4v) is 3.07. The minimum atomic E-state index is 0.0762. The maximum atomic E-state index is 5.79. The summed E-state index contributed by atoms with van der Waals surface area (Å²) in [4.78, 5) is 0. The number of nitrogens with two attached hydrogens (primary N) is 1. The maximum Gasteiger partial charge on any atom is 0.164 e. The Hall–Kier alpha value is -1.46. The Labute approximate surface area is 120 Å². The average molecular weight is 280 g/mol. The van der Waals surface area contributed by atoms with Gasteiger partial charge in [-0.15, -0.1) is 0 Å². The van der Waals surface area contributed by atoms with Gasteiger partial charge in [0.1, 0.15) is 5.75 Å². The molecule has 1 saturated carbocycles. The van der Waals surface area contributed by atoms with Gasteiger partial charge in [-0.25, -0.2) is 0 Å². The average Bonchev–Trinajstić information content (AvgIpc) is 3.01. The van der Waals surface area contributed by atoms with Crippen LogP contribution < -0.4 is 25.5 Å². The van der Waals surface area contributed by atoms with Gasteiger partial charge in [0.15, 0.2) is 11.5 Å². The third-order valence-electron chi connectivity index (χ3n) is 4.12. The molecular formula is C15H24N2O3. The summed E-state index contributed by atoms with van der Waals surface area (Å²) in [6.07, 6.45) is 4.90. The van der Waals surface area contributed by atoms with Crippen molar-refractivity contribution >= 4 is 0 Å². The third kappa shape index (κ3) is 2.83. The predicted molar refractivity (Wildman–Crippen MR) is 78.1 cm³/mol. The van der Waals surface area contributed by atoms with E-state index < -0.39 is 0 Å². The minimum absolute atomic E-state index is 0.0762. The number of rotatable bonds is 6. The zero-order valence-electron chi connectivity index (χ0n) is 12.4. The first-order valence-electron chi connectivity index (χ1n) is 7.01. The molecule has 1 fully saturated rings. The van der Waals surface area contributed by atoms with E-state index in [4.69, 9.17) is 20.1 Å². The highest BCUT2D eigenvalue weighted by molar-refractivity contribution is 5.52. The van der Waals surface area contributed by atoms with Crippen LogP contribution in [-0.4, -0.2) is 21.3 Å². The van der Waals surface area contributed by atoms with Crippen LogP contribution in [0.1, 0.15) is 37.3 Å². The fourth-order valence-electron chi connectivity index (χ4n) is 3.07. The first-order chi connectivity index (χ1) is 9.74. The zero-order chi connectivity index (χ0) is 14.5. The smallest absolute Gasteiger partial charge is 0.164 e. The molecule has 1 aliphatic carbocycles. The first kappa shape index (κ1) is 14.9. The van der Waals surface area contributed by atoms with Crippen molar-refractivity contribution in [3.63, 3.8) is 0 Å². The number of methoxy groups -OCH3 is 3. The van der Waals surface area contributed by atoms with Gasteiger partial charge in [0.05, 0.1) is 27.4 Å². The highest BCUT2D eigenvalue weighted by Gasteiger charge is 2.28. The number of hydrogen-bond donors (Lipinski definition) is 2. The number of benzene rings is 1. The van der Waals surface area contributed by atoms with Gasteiger partial charge in [-0.1, -0.05) is 12.8 Å². The van der Waals surface area contributed by atoms with Crippen molar-refractivity contribution in [2.24, 2.45) is 11.8 Å². The van der Waals surface area contributed by atoms with Gasteiger partial charge < -0.3 is 14.2 Å². The topological polar surface area (TPSA) is 65.7 Å². The normalized spacial score (nSPS) is 17.0. The van der Waals surface area contributed by atoms with Crippen molar-refractivity contribution in [3.05, 3.63) is 17.7 Å². The lowest BCUT2D eigenvalue weighted by atomic mass is 9.91. The Balaban J connectivity index is 2.41. The third-order valence-corrected chi connectivity index (χ3v) is 4.12. The molecule has 0 saturated heterocycles. The number of ether oxygens (including phenoxy) is 3. The second-order valence-electron chi connectivity index (χ2n) is 5.14. The van der Waals surface area contributed by atoms with E-state index >= 15 is 0 Å². The van der Waals surface area contributed by atoms with Crippen LogP contribution in [0.5, 0.6) is 17.2 Å². The van der Waals surface area contributed by atoms with Gasteiger partial charge in [0.2, 0.25) is 0 Å². The highest BCUT2D eigenvalue weighted by atomic mass is 16.5. The van der Waals surface area contributed by atoms with Crippen molar-refractivity contribution in [1.29, 1.82) is 0 Å². The Kier molecular flexibility index (Phi) is 5.09. The molecule has 1 aliphatic rings. The fraction of sp³-hybridized carbons (Fsp3) is 0.600. The minimum Gasteiger partial charge on any atom is -0.496 e. The van der Waals surface area contributed by atoms with Crippen molar-refractivity contribution in [3.8, 4) is 17.2 Å². The molecule has 1 aromatic rings. The summed E-state index contributed by atoms with van der Waals surface area (Å²) < 4.78 is 16.2. The van der Waals surface area contributed by atoms with Crippen molar-refractivity contribution in [1.82, 2.24) is 5.43 Å². The lowest BCUT2D eigenvalue weighted by Gasteiger charge is -2.25. The lowest BCUT2D eigenvalue weighted by Crippen LogP contribution is -2.33. The molecule has 0 heterocycles. The molecule has 1 aromatic carbocycles. The van der Waals surface area contributed by atoms with Crippen LogP contribution in [0.25, 0.3) is 0 Å². The summed E-state index contributed by atoms with van der Waals surface area (Å²) in [5, 5.41) is 0. The second-order valence-corrected chi connectivity index (χ2v) is 5.14. The van der Waals surface area contributed by atoms with Gasteiger partial charge in [-0.2, -0.15) is 0 Å². The molecule has 112 valence electrons. The van der Waals surface area contributed by atoms with Gasteiger partial charge in [0, 0.05) is 11.6 Å². The van der Waals surface area contributed by atoms with Crippen LogP contribution in [0.4, 0.5) is 0 Å². The van der Waals surface area contributed by atoms with Crippen molar-refractivity contribution in [2.75, 3.05) is 21.3 Å². The Morgan fingerprint density at radius 1 is 1.00 bits per heavy atom. The number of hydrazine groups is 1. The van der Waals surface area contributed by atoms with E-state index in [0.29, 0.717) is 17.4 Å². The zero-order valence-corrected chi connectivity index (χ0v) is 12.4. The monoisotopic (exact) mass is 280 g/mol. The van der Waals surface area contributed by atoms with Crippen LogP contribution in [0.15, 0.2) is 12.1 Å². The van der Waals surface area contributed by atoms with E-state index in [0.717, 1.165) is 11.3 Å². The summed E-state index contributed by atoms with van der Waals surface area (Å²) in [7, 11) is 4.91. The molecule has 5 nitrogen and oxygen atoms in total. The molecule has 0 aliphatic heterocycles. The Morgan fingerprint density at radius 2 is 1.55 bits per heavy atom. The molecule has 0 aromatic heterocycles. The lowest BCUT2D eigenvalue weighted by molar-refractivity contribution is 0.330. The Morgan fingerprint density at radius 3 is 2.05 bits per heavy atom. The largest absolute Gasteiger partial charge is 0.496 e. The van der Waals surface area contributed by atoms with Crippen LogP contribution in [0.3, 0.4) is 0 Å².